The van der Waals surface area contributed by atoms with Crippen molar-refractivity contribution in [2.45, 2.75) is 68.0 Å². The first-order valence-corrected chi connectivity index (χ1v) is 18.8. The fourth-order valence-corrected chi connectivity index (χ4v) is 8.07. The lowest BCUT2D eigenvalue weighted by molar-refractivity contribution is -0.125. The molecule has 0 radical (unpaired) electrons. The van der Waals surface area contributed by atoms with Gasteiger partial charge in [0.2, 0.25) is 15.9 Å². The van der Waals surface area contributed by atoms with E-state index in [1.165, 1.54) is 41.8 Å². The van der Waals surface area contributed by atoms with E-state index < -0.39 is 22.2 Å². The van der Waals surface area contributed by atoms with E-state index in [1.54, 1.807) is 6.07 Å². The minimum absolute atomic E-state index is 0.0276. The van der Waals surface area contributed by atoms with Crippen LogP contribution in [0.5, 0.6) is 11.5 Å². The maximum atomic E-state index is 14.2. The molecule has 264 valence electrons. The molecule has 0 aliphatic carbocycles. The van der Waals surface area contributed by atoms with Gasteiger partial charge in [-0.3, -0.25) is 4.79 Å². The number of benzene rings is 4. The third-order valence-electron chi connectivity index (χ3n) is 9.09. The fourth-order valence-electron chi connectivity index (χ4n) is 6.43. The summed E-state index contributed by atoms with van der Waals surface area (Å²) in [7, 11) is -1.14. The second kappa shape index (κ2) is 18.5. The zero-order valence-corrected chi connectivity index (χ0v) is 29.8. The number of rotatable bonds is 18. The molecule has 4 aromatic rings. The molecule has 1 saturated heterocycles. The molecule has 1 aliphatic heterocycles. The molecule has 2 atom stereocenters. The first-order valence-electron chi connectivity index (χ1n) is 17.3. The summed E-state index contributed by atoms with van der Waals surface area (Å²) in [6.45, 7) is 0.348. The number of aryl methyl sites for hydroxylation is 2. The molecule has 0 saturated carbocycles. The highest BCUT2D eigenvalue weighted by atomic mass is 32.2. The summed E-state index contributed by atoms with van der Waals surface area (Å²) in [6, 6.07) is 34.0. The van der Waals surface area contributed by atoms with Crippen molar-refractivity contribution in [1.29, 1.82) is 0 Å². The second-order valence-electron chi connectivity index (χ2n) is 12.6. The highest BCUT2D eigenvalue weighted by molar-refractivity contribution is 7.89. The van der Waals surface area contributed by atoms with Gasteiger partial charge in [-0.2, -0.15) is 4.31 Å². The molecule has 0 unspecified atom stereocenters. The van der Waals surface area contributed by atoms with Crippen LogP contribution in [0.3, 0.4) is 0 Å². The summed E-state index contributed by atoms with van der Waals surface area (Å²) >= 11 is 0. The normalized spacial score (nSPS) is 16.5. The van der Waals surface area contributed by atoms with Crippen molar-refractivity contribution in [3.05, 3.63) is 132 Å². The minimum Gasteiger partial charge on any atom is -0.493 e. The number of carbonyl (C=O) groups excluding carboxylic acids is 1. The van der Waals surface area contributed by atoms with Crippen LogP contribution in [-0.2, 0) is 32.4 Å². The maximum Gasteiger partial charge on any atom is 0.244 e. The number of hydrogen-bond donors (Lipinski definition) is 1. The van der Waals surface area contributed by atoms with Gasteiger partial charge in [0.25, 0.3) is 0 Å². The molecule has 4 aromatic carbocycles. The number of ether oxygens (including phenoxy) is 3. The van der Waals surface area contributed by atoms with Gasteiger partial charge in [-0.1, -0.05) is 103 Å². The molecule has 1 amide bonds. The van der Waals surface area contributed by atoms with E-state index in [1.807, 2.05) is 78.9 Å². The minimum atomic E-state index is -4.10. The predicted octanol–water partition coefficient (Wildman–Crippen LogP) is 7.10. The van der Waals surface area contributed by atoms with Gasteiger partial charge in [-0.05, 0) is 67.3 Å². The molecule has 0 bridgehead atoms. The van der Waals surface area contributed by atoms with Crippen molar-refractivity contribution in [3.63, 3.8) is 0 Å². The van der Waals surface area contributed by atoms with Crippen molar-refractivity contribution in [2.75, 3.05) is 27.4 Å². The van der Waals surface area contributed by atoms with Crippen molar-refractivity contribution in [3.8, 4) is 11.5 Å². The van der Waals surface area contributed by atoms with Gasteiger partial charge >= 0.3 is 0 Å². The fraction of sp³-hybridized carbons (Fsp3) is 0.341. The van der Waals surface area contributed by atoms with Crippen LogP contribution in [0, 0.1) is 0 Å². The molecule has 0 spiro atoms. The Morgan fingerprint density at radius 1 is 0.820 bits per heavy atom. The summed E-state index contributed by atoms with van der Waals surface area (Å²) in [5.41, 5.74) is 3.56. The Labute approximate surface area is 297 Å². The molecule has 50 heavy (non-hydrogen) atoms. The zero-order valence-electron chi connectivity index (χ0n) is 28.9. The Kier molecular flexibility index (Phi) is 13.6. The van der Waals surface area contributed by atoms with Gasteiger partial charge in [-0.25, -0.2) is 8.42 Å². The third kappa shape index (κ3) is 10.3. The van der Waals surface area contributed by atoms with Gasteiger partial charge in [-0.15, -0.1) is 0 Å². The van der Waals surface area contributed by atoms with Crippen LogP contribution in [-0.4, -0.2) is 64.2 Å². The van der Waals surface area contributed by atoms with Crippen LogP contribution in [0.25, 0.3) is 6.08 Å². The Bertz CT molecular complexity index is 1720. The molecule has 1 aliphatic rings. The van der Waals surface area contributed by atoms with Crippen molar-refractivity contribution in [1.82, 2.24) is 9.62 Å². The van der Waals surface area contributed by atoms with Gasteiger partial charge in [0.15, 0.2) is 11.5 Å². The van der Waals surface area contributed by atoms with E-state index in [0.717, 1.165) is 44.1 Å². The average Bonchev–Trinajstić information content (AvgIpc) is 3.60. The van der Waals surface area contributed by atoms with Crippen molar-refractivity contribution >= 4 is 22.0 Å². The summed E-state index contributed by atoms with van der Waals surface area (Å²) in [4.78, 5) is 14.2. The molecule has 1 N–H and O–H groups in total. The van der Waals surface area contributed by atoms with Crippen LogP contribution in [0.2, 0.25) is 0 Å². The molecular formula is C41H48N2O6S. The molecule has 5 rings (SSSR count). The molecule has 1 fully saturated rings. The number of sulfonamides is 1. The van der Waals surface area contributed by atoms with Crippen molar-refractivity contribution < 1.29 is 27.4 Å². The highest BCUT2D eigenvalue weighted by Gasteiger charge is 2.45. The van der Waals surface area contributed by atoms with Crippen LogP contribution in [0.1, 0.15) is 48.8 Å². The smallest absolute Gasteiger partial charge is 0.244 e. The topological polar surface area (TPSA) is 94.2 Å². The van der Waals surface area contributed by atoms with Crippen LogP contribution >= 0.6 is 0 Å². The van der Waals surface area contributed by atoms with Crippen molar-refractivity contribution in [2.24, 2.45) is 0 Å². The first kappa shape index (κ1) is 36.8. The van der Waals surface area contributed by atoms with Gasteiger partial charge in [0.05, 0.1) is 31.8 Å². The Morgan fingerprint density at radius 2 is 1.40 bits per heavy atom. The quantitative estimate of drug-likeness (QED) is 0.119. The van der Waals surface area contributed by atoms with Gasteiger partial charge < -0.3 is 19.5 Å². The maximum absolute atomic E-state index is 14.2. The molecule has 0 aromatic heterocycles. The predicted molar refractivity (Wildman–Crippen MR) is 198 cm³/mol. The van der Waals surface area contributed by atoms with Gasteiger partial charge in [0.1, 0.15) is 6.04 Å². The molecule has 9 heteroatoms. The van der Waals surface area contributed by atoms with E-state index in [0.29, 0.717) is 18.1 Å². The second-order valence-corrected chi connectivity index (χ2v) is 14.5. The summed E-state index contributed by atoms with van der Waals surface area (Å²) in [5, 5.41) is 3.28. The van der Waals surface area contributed by atoms with Gasteiger partial charge in [0, 0.05) is 25.1 Å². The Balaban J connectivity index is 1.32. The monoisotopic (exact) mass is 696 g/mol. The van der Waals surface area contributed by atoms with E-state index in [-0.39, 0.29) is 29.8 Å². The molecule has 1 heterocycles. The number of nitrogens with zero attached hydrogens (tertiary/aromatic N) is 1. The summed E-state index contributed by atoms with van der Waals surface area (Å²) in [5.74, 6) is 0.413. The van der Waals surface area contributed by atoms with Crippen LogP contribution < -0.4 is 14.8 Å². The van der Waals surface area contributed by atoms with E-state index >= 15 is 0 Å². The lowest BCUT2D eigenvalue weighted by Crippen LogP contribution is -2.48. The van der Waals surface area contributed by atoms with E-state index in [4.69, 9.17) is 14.2 Å². The number of amides is 1. The standard InChI is InChI=1S/C41H48N2O6S/c1-47-39-27-26-37(30-40(39)48-2)50(45,46)43-31-36(49-28-14-23-34-19-10-5-11-20-34)29-38(43)41(44)42-35(24-12-21-32-15-6-3-7-16-32)25-13-22-33-17-8-4-9-18-33/h3-11,14-20,23,26-27,30,35-36,38H,12-13,21-22,24-25,28-29,31H2,1-2H3,(H,42,44)/b23-14+/t36-,38+/m1/s1. The number of methoxy groups -OCH3 is 2. The summed E-state index contributed by atoms with van der Waals surface area (Å²) < 4.78 is 46.6. The third-order valence-corrected chi connectivity index (χ3v) is 11.0. The molecular weight excluding hydrogens is 649 g/mol. The number of nitrogens with one attached hydrogen (secondary N) is 1. The SMILES string of the molecule is COc1ccc(S(=O)(=O)N2C[C@H](OC/C=C/c3ccccc3)C[C@H]2C(=O)NC(CCCc2ccccc2)CCCc2ccccc2)cc1OC. The lowest BCUT2D eigenvalue weighted by Gasteiger charge is -2.26. The van der Waals surface area contributed by atoms with Crippen LogP contribution in [0.4, 0.5) is 0 Å². The number of hydrogen-bond acceptors (Lipinski definition) is 6. The Hall–Kier alpha value is -4.44. The Morgan fingerprint density at radius 3 is 1.98 bits per heavy atom. The molecule has 8 nitrogen and oxygen atoms in total. The largest absolute Gasteiger partial charge is 0.493 e. The van der Waals surface area contributed by atoms with E-state index in [2.05, 4.69) is 29.6 Å². The first-order chi connectivity index (χ1) is 24.4. The van der Waals surface area contributed by atoms with Crippen LogP contribution in [0.15, 0.2) is 120 Å². The zero-order chi connectivity index (χ0) is 35.2. The highest BCUT2D eigenvalue weighted by Crippen LogP contribution is 2.34. The van der Waals surface area contributed by atoms with E-state index in [9.17, 15) is 13.2 Å². The number of carbonyl (C=O) groups is 1. The lowest BCUT2D eigenvalue weighted by atomic mass is 9.98. The summed E-state index contributed by atoms with van der Waals surface area (Å²) in [6.07, 6.45) is 8.84. The average molecular weight is 697 g/mol.